The molecule has 1 heterocycles. The normalized spacial score (nSPS) is 11.1. The minimum absolute atomic E-state index is 0.261. The van der Waals surface area contributed by atoms with Crippen LogP contribution in [0.4, 0.5) is 10.5 Å². The van der Waals surface area contributed by atoms with E-state index in [0.29, 0.717) is 30.0 Å². The molecule has 0 saturated heterocycles. The highest BCUT2D eigenvalue weighted by molar-refractivity contribution is 5.99. The monoisotopic (exact) mass is 330 g/mol. The van der Waals surface area contributed by atoms with Crippen LogP contribution in [0.3, 0.4) is 0 Å². The number of imidazole rings is 1. The molecule has 0 fully saturated rings. The number of aromatic nitrogens is 2. The summed E-state index contributed by atoms with van der Waals surface area (Å²) in [7, 11) is 0. The number of nitrogens with two attached hydrogens (primary N) is 1. The van der Waals surface area contributed by atoms with E-state index in [1.54, 1.807) is 51.2 Å². The van der Waals surface area contributed by atoms with E-state index in [1.807, 2.05) is 0 Å². The fourth-order valence-electron chi connectivity index (χ4n) is 2.08. The zero-order valence-corrected chi connectivity index (χ0v) is 14.1. The summed E-state index contributed by atoms with van der Waals surface area (Å²) in [6.45, 7) is 5.72. The maximum absolute atomic E-state index is 12.1. The van der Waals surface area contributed by atoms with Gasteiger partial charge in [-0.2, -0.15) is 0 Å². The van der Waals surface area contributed by atoms with Crippen molar-refractivity contribution in [2.75, 3.05) is 12.3 Å². The van der Waals surface area contributed by atoms with Crippen LogP contribution in [-0.4, -0.2) is 33.7 Å². The van der Waals surface area contributed by atoms with Crippen LogP contribution in [0.2, 0.25) is 0 Å². The van der Waals surface area contributed by atoms with Crippen LogP contribution in [0.5, 0.6) is 0 Å². The summed E-state index contributed by atoms with van der Waals surface area (Å²) in [5.41, 5.74) is 6.03. The number of amides is 1. The van der Waals surface area contributed by atoms with Gasteiger partial charge in [0, 0.05) is 31.0 Å². The van der Waals surface area contributed by atoms with Gasteiger partial charge in [-0.05, 0) is 32.9 Å². The Kier molecular flexibility index (Phi) is 5.23. The molecule has 7 heteroatoms. The third-order valence-corrected chi connectivity index (χ3v) is 3.15. The lowest BCUT2D eigenvalue weighted by Crippen LogP contribution is -2.30. The second-order valence-corrected chi connectivity index (χ2v) is 6.29. The van der Waals surface area contributed by atoms with Gasteiger partial charge in [0.15, 0.2) is 0 Å². The van der Waals surface area contributed by atoms with Crippen LogP contribution in [0, 0.1) is 0 Å². The first kappa shape index (κ1) is 17.5. The summed E-state index contributed by atoms with van der Waals surface area (Å²) in [6.07, 6.45) is 2.97. The lowest BCUT2D eigenvalue weighted by molar-refractivity contribution is 0.0532. The third kappa shape index (κ3) is 4.58. The molecule has 0 aliphatic heterocycles. The molecule has 2 aromatic rings. The molecule has 0 bridgehead atoms. The van der Waals surface area contributed by atoms with Crippen molar-refractivity contribution in [3.05, 3.63) is 48.0 Å². The topological polar surface area (TPSA) is 99.2 Å². The van der Waals surface area contributed by atoms with Gasteiger partial charge in [0.25, 0.3) is 5.91 Å². The molecule has 0 unspecified atom stereocenters. The Bertz CT molecular complexity index is 731. The van der Waals surface area contributed by atoms with E-state index >= 15 is 0 Å². The van der Waals surface area contributed by atoms with E-state index in [1.165, 1.54) is 10.8 Å². The molecule has 1 aromatic heterocycles. The van der Waals surface area contributed by atoms with Crippen molar-refractivity contribution >= 4 is 17.7 Å². The number of carbonyl (C=O) groups is 2. The second-order valence-electron chi connectivity index (χ2n) is 6.29. The van der Waals surface area contributed by atoms with Crippen molar-refractivity contribution in [1.82, 2.24) is 14.9 Å². The summed E-state index contributed by atoms with van der Waals surface area (Å²) in [5.74, 6) is 0.258. The van der Waals surface area contributed by atoms with Crippen LogP contribution >= 0.6 is 0 Å². The molecule has 0 saturated carbocycles. The van der Waals surface area contributed by atoms with Gasteiger partial charge in [-0.3, -0.25) is 4.79 Å². The van der Waals surface area contributed by atoms with Gasteiger partial charge < -0.3 is 15.8 Å². The Hall–Kier alpha value is -2.83. The standard InChI is InChI=1S/C17H22N4O3/c1-17(2,3)24-16(23)21-11-10-19-14(21)8-9-20-15(22)12-6-4-5-7-13(12)18/h4-7,10-11H,8-9,18H2,1-3H3,(H,20,22). The average molecular weight is 330 g/mol. The number of hydrogen-bond acceptors (Lipinski definition) is 5. The van der Waals surface area contributed by atoms with E-state index in [-0.39, 0.29) is 5.91 Å². The van der Waals surface area contributed by atoms with E-state index in [0.717, 1.165) is 0 Å². The molecule has 0 aliphatic carbocycles. The molecule has 0 atom stereocenters. The minimum Gasteiger partial charge on any atom is -0.443 e. The second kappa shape index (κ2) is 7.16. The Morgan fingerprint density at radius 3 is 2.67 bits per heavy atom. The molecule has 1 amide bonds. The lowest BCUT2D eigenvalue weighted by Gasteiger charge is -2.20. The number of rotatable bonds is 4. The lowest BCUT2D eigenvalue weighted by atomic mass is 10.1. The zero-order chi connectivity index (χ0) is 17.7. The summed E-state index contributed by atoms with van der Waals surface area (Å²) in [5, 5.41) is 2.77. The summed E-state index contributed by atoms with van der Waals surface area (Å²) < 4.78 is 6.66. The predicted octanol–water partition coefficient (Wildman–Crippen LogP) is 2.22. The van der Waals surface area contributed by atoms with E-state index < -0.39 is 11.7 Å². The third-order valence-electron chi connectivity index (χ3n) is 3.15. The van der Waals surface area contributed by atoms with Crippen molar-refractivity contribution in [2.24, 2.45) is 0 Å². The smallest absolute Gasteiger partial charge is 0.419 e. The molecule has 1 aromatic carbocycles. The van der Waals surface area contributed by atoms with Crippen molar-refractivity contribution in [1.29, 1.82) is 0 Å². The molecule has 0 radical (unpaired) electrons. The molecule has 7 nitrogen and oxygen atoms in total. The Balaban J connectivity index is 1.94. The van der Waals surface area contributed by atoms with Gasteiger partial charge in [0.05, 0.1) is 5.56 Å². The summed E-state index contributed by atoms with van der Waals surface area (Å²) >= 11 is 0. The van der Waals surface area contributed by atoms with E-state index in [2.05, 4.69) is 10.3 Å². The van der Waals surface area contributed by atoms with Crippen LogP contribution in [0.15, 0.2) is 36.7 Å². The fourth-order valence-corrected chi connectivity index (χ4v) is 2.08. The van der Waals surface area contributed by atoms with Crippen LogP contribution in [-0.2, 0) is 11.2 Å². The number of hydrogen-bond donors (Lipinski definition) is 2. The zero-order valence-electron chi connectivity index (χ0n) is 14.1. The van der Waals surface area contributed by atoms with Gasteiger partial charge in [0.1, 0.15) is 11.4 Å². The van der Waals surface area contributed by atoms with Crippen LogP contribution in [0.25, 0.3) is 0 Å². The number of nitrogens with zero attached hydrogens (tertiary/aromatic N) is 2. The van der Waals surface area contributed by atoms with Crippen molar-refractivity contribution in [3.8, 4) is 0 Å². The first-order chi connectivity index (χ1) is 11.3. The first-order valence-electron chi connectivity index (χ1n) is 7.66. The number of nitrogens with one attached hydrogen (secondary N) is 1. The maximum Gasteiger partial charge on any atom is 0.419 e. The quantitative estimate of drug-likeness (QED) is 0.837. The maximum atomic E-state index is 12.1. The van der Waals surface area contributed by atoms with E-state index in [4.69, 9.17) is 10.5 Å². The fraction of sp³-hybridized carbons (Fsp3) is 0.353. The predicted molar refractivity (Wildman–Crippen MR) is 90.8 cm³/mol. The Morgan fingerprint density at radius 2 is 2.00 bits per heavy atom. The van der Waals surface area contributed by atoms with Gasteiger partial charge in [0.2, 0.25) is 0 Å². The average Bonchev–Trinajstić information content (AvgIpc) is 2.94. The number of ether oxygens (including phenoxy) is 1. The molecule has 0 aliphatic rings. The molecule has 3 N–H and O–H groups in total. The van der Waals surface area contributed by atoms with E-state index in [9.17, 15) is 9.59 Å². The number of carbonyl (C=O) groups excluding carboxylic acids is 2. The molecular formula is C17H22N4O3. The summed E-state index contributed by atoms with van der Waals surface area (Å²) in [6, 6.07) is 6.85. The summed E-state index contributed by atoms with van der Waals surface area (Å²) in [4.78, 5) is 28.3. The number of para-hydroxylation sites is 1. The number of benzene rings is 1. The highest BCUT2D eigenvalue weighted by Crippen LogP contribution is 2.11. The molecule has 24 heavy (non-hydrogen) atoms. The molecule has 0 spiro atoms. The largest absolute Gasteiger partial charge is 0.443 e. The van der Waals surface area contributed by atoms with Crippen LogP contribution in [0.1, 0.15) is 37.0 Å². The first-order valence-corrected chi connectivity index (χ1v) is 7.66. The molecule has 128 valence electrons. The Morgan fingerprint density at radius 1 is 1.29 bits per heavy atom. The molecular weight excluding hydrogens is 308 g/mol. The van der Waals surface area contributed by atoms with Gasteiger partial charge in [-0.15, -0.1) is 0 Å². The van der Waals surface area contributed by atoms with Gasteiger partial charge >= 0.3 is 6.09 Å². The van der Waals surface area contributed by atoms with Crippen molar-refractivity contribution in [3.63, 3.8) is 0 Å². The van der Waals surface area contributed by atoms with Crippen molar-refractivity contribution < 1.29 is 14.3 Å². The molecule has 2 rings (SSSR count). The Labute approximate surface area is 140 Å². The highest BCUT2D eigenvalue weighted by atomic mass is 16.6. The highest BCUT2D eigenvalue weighted by Gasteiger charge is 2.19. The van der Waals surface area contributed by atoms with Crippen molar-refractivity contribution in [2.45, 2.75) is 32.8 Å². The SMILES string of the molecule is CC(C)(C)OC(=O)n1ccnc1CCNC(=O)c1ccccc1N. The number of nitrogen functional groups attached to an aromatic ring is 1. The van der Waals surface area contributed by atoms with Crippen LogP contribution < -0.4 is 11.1 Å². The van der Waals surface area contributed by atoms with Gasteiger partial charge in [-0.25, -0.2) is 14.3 Å². The minimum atomic E-state index is -0.586. The van der Waals surface area contributed by atoms with Gasteiger partial charge in [-0.1, -0.05) is 12.1 Å². The number of anilines is 1.